The Morgan fingerprint density at radius 1 is 0.964 bits per heavy atom. The maximum atomic E-state index is 4.67. The standard InChI is InChI=1S/C24H26N4/c1-4-5-15-27(3)23-22-21(19-9-7-6-8-10-19)16-28(24(22)26-17-25-23)20-13-11-18(2)12-14-20/h6-14,16-17H,4-5,15H2,1-3H3. The van der Waals surface area contributed by atoms with Gasteiger partial charge in [0.1, 0.15) is 12.1 Å². The van der Waals surface area contributed by atoms with E-state index in [1.54, 1.807) is 6.33 Å². The van der Waals surface area contributed by atoms with Crippen LogP contribution in [0.5, 0.6) is 0 Å². The predicted octanol–water partition coefficient (Wildman–Crippen LogP) is 5.63. The molecule has 0 unspecified atom stereocenters. The van der Waals surface area contributed by atoms with Gasteiger partial charge in [-0.05, 0) is 31.0 Å². The Morgan fingerprint density at radius 3 is 2.43 bits per heavy atom. The van der Waals surface area contributed by atoms with Crippen LogP contribution in [0.1, 0.15) is 25.3 Å². The van der Waals surface area contributed by atoms with E-state index >= 15 is 0 Å². The van der Waals surface area contributed by atoms with Crippen molar-refractivity contribution >= 4 is 16.9 Å². The zero-order valence-electron chi connectivity index (χ0n) is 16.8. The first-order valence-corrected chi connectivity index (χ1v) is 9.88. The number of hydrogen-bond acceptors (Lipinski definition) is 3. The molecule has 0 aliphatic heterocycles. The van der Waals surface area contributed by atoms with Crippen LogP contribution in [0.3, 0.4) is 0 Å². The van der Waals surface area contributed by atoms with E-state index in [1.165, 1.54) is 11.1 Å². The third-order valence-electron chi connectivity index (χ3n) is 5.17. The molecule has 0 spiro atoms. The topological polar surface area (TPSA) is 34.0 Å². The van der Waals surface area contributed by atoms with Crippen molar-refractivity contribution in [1.82, 2.24) is 14.5 Å². The largest absolute Gasteiger partial charge is 0.359 e. The van der Waals surface area contributed by atoms with Crippen molar-refractivity contribution in [1.29, 1.82) is 0 Å². The van der Waals surface area contributed by atoms with Gasteiger partial charge in [-0.3, -0.25) is 0 Å². The number of unbranched alkanes of at least 4 members (excludes halogenated alkanes) is 1. The van der Waals surface area contributed by atoms with Crippen LogP contribution in [0.15, 0.2) is 67.1 Å². The number of aryl methyl sites for hydroxylation is 1. The Hall–Kier alpha value is -3.14. The molecule has 0 fully saturated rings. The summed E-state index contributed by atoms with van der Waals surface area (Å²) in [5, 5.41) is 1.10. The number of aromatic nitrogens is 3. The molecule has 4 aromatic rings. The Morgan fingerprint density at radius 2 is 1.71 bits per heavy atom. The number of fused-ring (bicyclic) bond motifs is 1. The molecule has 2 aromatic carbocycles. The van der Waals surface area contributed by atoms with Crippen molar-refractivity contribution in [2.24, 2.45) is 0 Å². The van der Waals surface area contributed by atoms with Crippen molar-refractivity contribution in [2.75, 3.05) is 18.5 Å². The SMILES string of the molecule is CCCCN(C)c1ncnc2c1c(-c1ccccc1)cn2-c1ccc(C)cc1. The van der Waals surface area contributed by atoms with Gasteiger partial charge in [0.25, 0.3) is 0 Å². The number of benzene rings is 2. The zero-order valence-corrected chi connectivity index (χ0v) is 16.8. The lowest BCUT2D eigenvalue weighted by Crippen LogP contribution is -2.20. The second-order valence-corrected chi connectivity index (χ2v) is 7.29. The van der Waals surface area contributed by atoms with E-state index in [4.69, 9.17) is 0 Å². The third kappa shape index (κ3) is 3.38. The first kappa shape index (κ1) is 18.2. The minimum Gasteiger partial charge on any atom is -0.359 e. The third-order valence-corrected chi connectivity index (χ3v) is 5.17. The fraction of sp³-hybridized carbons (Fsp3) is 0.250. The molecule has 28 heavy (non-hydrogen) atoms. The van der Waals surface area contributed by atoms with E-state index in [1.807, 2.05) is 6.07 Å². The minimum absolute atomic E-state index is 0.941. The Bertz CT molecular complexity index is 1070. The summed E-state index contributed by atoms with van der Waals surface area (Å²) in [6.07, 6.45) is 6.17. The lowest BCUT2D eigenvalue weighted by atomic mass is 10.1. The first-order valence-electron chi connectivity index (χ1n) is 9.88. The van der Waals surface area contributed by atoms with Crippen LogP contribution < -0.4 is 4.90 Å². The van der Waals surface area contributed by atoms with Gasteiger partial charge in [0, 0.05) is 31.0 Å². The molecule has 4 nitrogen and oxygen atoms in total. The molecule has 2 aromatic heterocycles. The summed E-state index contributed by atoms with van der Waals surface area (Å²) >= 11 is 0. The Balaban J connectivity index is 1.96. The molecule has 0 N–H and O–H groups in total. The maximum Gasteiger partial charge on any atom is 0.150 e. The van der Waals surface area contributed by atoms with E-state index in [2.05, 4.69) is 95.1 Å². The normalized spacial score (nSPS) is 11.1. The molecule has 0 bridgehead atoms. The average Bonchev–Trinajstić information content (AvgIpc) is 3.13. The summed E-state index contributed by atoms with van der Waals surface area (Å²) in [5.41, 5.74) is 5.64. The molecular weight excluding hydrogens is 344 g/mol. The van der Waals surface area contributed by atoms with Crippen molar-refractivity contribution in [3.05, 3.63) is 72.7 Å². The second-order valence-electron chi connectivity index (χ2n) is 7.29. The summed E-state index contributed by atoms with van der Waals surface area (Å²) in [4.78, 5) is 11.6. The van der Waals surface area contributed by atoms with Gasteiger partial charge in [-0.25, -0.2) is 9.97 Å². The highest BCUT2D eigenvalue weighted by molar-refractivity contribution is 6.02. The van der Waals surface area contributed by atoms with Crippen molar-refractivity contribution < 1.29 is 0 Å². The van der Waals surface area contributed by atoms with Gasteiger partial charge >= 0.3 is 0 Å². The van der Waals surface area contributed by atoms with E-state index in [0.717, 1.165) is 47.5 Å². The average molecular weight is 371 g/mol. The molecule has 0 saturated heterocycles. The molecule has 4 heteroatoms. The van der Waals surface area contributed by atoms with Crippen molar-refractivity contribution in [3.63, 3.8) is 0 Å². The quantitative estimate of drug-likeness (QED) is 0.441. The molecule has 142 valence electrons. The molecule has 0 aliphatic rings. The molecule has 0 amide bonds. The molecule has 0 aliphatic carbocycles. The number of rotatable bonds is 6. The fourth-order valence-electron chi connectivity index (χ4n) is 3.58. The number of hydrogen-bond donors (Lipinski definition) is 0. The monoisotopic (exact) mass is 370 g/mol. The van der Waals surface area contributed by atoms with Gasteiger partial charge < -0.3 is 9.47 Å². The molecular formula is C24H26N4. The molecule has 4 rings (SSSR count). The van der Waals surface area contributed by atoms with Crippen LogP contribution in [0.4, 0.5) is 5.82 Å². The second kappa shape index (κ2) is 7.85. The van der Waals surface area contributed by atoms with Crippen molar-refractivity contribution in [3.8, 4) is 16.8 Å². The van der Waals surface area contributed by atoms with Crippen LogP contribution in [0.25, 0.3) is 27.8 Å². The van der Waals surface area contributed by atoms with Crippen molar-refractivity contribution in [2.45, 2.75) is 26.7 Å². The highest BCUT2D eigenvalue weighted by Crippen LogP contribution is 2.36. The highest BCUT2D eigenvalue weighted by Gasteiger charge is 2.19. The predicted molar refractivity (Wildman–Crippen MR) is 117 cm³/mol. The lowest BCUT2D eigenvalue weighted by Gasteiger charge is -2.19. The maximum absolute atomic E-state index is 4.67. The number of anilines is 1. The van der Waals surface area contributed by atoms with Crippen LogP contribution >= 0.6 is 0 Å². The molecule has 0 saturated carbocycles. The minimum atomic E-state index is 0.941. The first-order chi connectivity index (χ1) is 13.7. The van der Waals surface area contributed by atoms with Gasteiger partial charge in [-0.1, -0.05) is 61.4 Å². The molecule has 2 heterocycles. The number of nitrogens with zero attached hydrogens (tertiary/aromatic N) is 4. The summed E-state index contributed by atoms with van der Waals surface area (Å²) in [6, 6.07) is 19.1. The summed E-state index contributed by atoms with van der Waals surface area (Å²) in [7, 11) is 2.12. The van der Waals surface area contributed by atoms with Gasteiger partial charge in [0.05, 0.1) is 5.39 Å². The molecule has 0 atom stereocenters. The highest BCUT2D eigenvalue weighted by atomic mass is 15.2. The van der Waals surface area contributed by atoms with Crippen LogP contribution in [0, 0.1) is 6.92 Å². The van der Waals surface area contributed by atoms with Crippen LogP contribution in [-0.4, -0.2) is 28.1 Å². The summed E-state index contributed by atoms with van der Waals surface area (Å²) < 4.78 is 2.18. The Labute approximate surface area is 166 Å². The van der Waals surface area contributed by atoms with Gasteiger partial charge in [0.2, 0.25) is 0 Å². The smallest absolute Gasteiger partial charge is 0.150 e. The van der Waals surface area contributed by atoms with Gasteiger partial charge in [-0.2, -0.15) is 0 Å². The van der Waals surface area contributed by atoms with E-state index < -0.39 is 0 Å². The van der Waals surface area contributed by atoms with Gasteiger partial charge in [0.15, 0.2) is 5.65 Å². The Kier molecular flexibility index (Phi) is 5.11. The fourth-order valence-corrected chi connectivity index (χ4v) is 3.58. The van der Waals surface area contributed by atoms with Crippen LogP contribution in [0.2, 0.25) is 0 Å². The summed E-state index contributed by atoms with van der Waals surface area (Å²) in [5.74, 6) is 0.989. The van der Waals surface area contributed by atoms with Crippen LogP contribution in [-0.2, 0) is 0 Å². The van der Waals surface area contributed by atoms with E-state index in [0.29, 0.717) is 0 Å². The summed E-state index contributed by atoms with van der Waals surface area (Å²) in [6.45, 7) is 5.30. The van der Waals surface area contributed by atoms with E-state index in [9.17, 15) is 0 Å². The lowest BCUT2D eigenvalue weighted by molar-refractivity contribution is 0.761. The zero-order chi connectivity index (χ0) is 19.5. The molecule has 0 radical (unpaired) electrons. The van der Waals surface area contributed by atoms with Gasteiger partial charge in [-0.15, -0.1) is 0 Å². The van der Waals surface area contributed by atoms with E-state index in [-0.39, 0.29) is 0 Å².